The highest BCUT2D eigenvalue weighted by Gasteiger charge is 2.23. The van der Waals surface area contributed by atoms with Gasteiger partial charge < -0.3 is 10.6 Å². The molecule has 0 unspecified atom stereocenters. The van der Waals surface area contributed by atoms with Crippen molar-refractivity contribution in [2.75, 3.05) is 18.8 Å². The number of rotatable bonds is 1. The van der Waals surface area contributed by atoms with Gasteiger partial charge >= 0.3 is 0 Å². The van der Waals surface area contributed by atoms with Crippen LogP contribution in [0.25, 0.3) is 0 Å². The van der Waals surface area contributed by atoms with Gasteiger partial charge in [0, 0.05) is 17.8 Å². The van der Waals surface area contributed by atoms with Crippen LogP contribution in [0.5, 0.6) is 0 Å². The van der Waals surface area contributed by atoms with Crippen LogP contribution in [0.1, 0.15) is 15.9 Å². The maximum absolute atomic E-state index is 11.9. The van der Waals surface area contributed by atoms with Crippen LogP contribution in [-0.4, -0.2) is 23.9 Å². The van der Waals surface area contributed by atoms with Gasteiger partial charge in [-0.2, -0.15) is 0 Å². The summed E-state index contributed by atoms with van der Waals surface area (Å²) in [6.45, 7) is 1.06. The molecule has 3 nitrogen and oxygen atoms in total. The van der Waals surface area contributed by atoms with E-state index in [1.165, 1.54) is 0 Å². The molecule has 0 saturated carbocycles. The first kappa shape index (κ1) is 9.60. The van der Waals surface area contributed by atoms with Crippen LogP contribution in [0.4, 0.5) is 5.69 Å². The van der Waals surface area contributed by atoms with Crippen LogP contribution in [-0.2, 0) is 6.42 Å². The zero-order valence-corrected chi connectivity index (χ0v) is 8.36. The third-order valence-electron chi connectivity index (χ3n) is 2.58. The molecule has 0 saturated heterocycles. The fourth-order valence-corrected chi connectivity index (χ4v) is 1.80. The van der Waals surface area contributed by atoms with E-state index in [1.807, 2.05) is 12.1 Å². The van der Waals surface area contributed by atoms with Gasteiger partial charge in [0.1, 0.15) is 0 Å². The summed E-state index contributed by atoms with van der Waals surface area (Å²) in [6.07, 6.45) is 6.05. The van der Waals surface area contributed by atoms with Crippen molar-refractivity contribution in [1.82, 2.24) is 4.90 Å². The van der Waals surface area contributed by atoms with Crippen molar-refractivity contribution in [2.45, 2.75) is 6.42 Å². The lowest BCUT2D eigenvalue weighted by atomic mass is 9.98. The molecule has 0 fully saturated rings. The number of nitrogens with zero attached hydrogens (tertiary/aromatic N) is 1. The summed E-state index contributed by atoms with van der Waals surface area (Å²) >= 11 is 0. The Bertz CT molecular complexity index is 445. The molecule has 2 N–H and O–H groups in total. The van der Waals surface area contributed by atoms with Crippen molar-refractivity contribution in [1.29, 1.82) is 0 Å². The normalized spacial score (nSPS) is 14.6. The summed E-state index contributed by atoms with van der Waals surface area (Å²) in [4.78, 5) is 13.6. The lowest BCUT2D eigenvalue weighted by molar-refractivity contribution is 0.0762. The molecule has 0 aliphatic carbocycles. The maximum atomic E-state index is 11.9. The number of nitrogens with two attached hydrogens (primary N) is 1. The number of hydrogen-bond acceptors (Lipinski definition) is 2. The Morgan fingerprint density at radius 1 is 1.53 bits per heavy atom. The molecule has 1 aromatic carbocycles. The highest BCUT2D eigenvalue weighted by atomic mass is 16.2. The maximum Gasteiger partial charge on any atom is 0.255 e. The van der Waals surface area contributed by atoms with Crippen LogP contribution < -0.4 is 5.73 Å². The topological polar surface area (TPSA) is 46.3 Å². The van der Waals surface area contributed by atoms with Gasteiger partial charge in [0.05, 0.1) is 6.54 Å². The minimum absolute atomic E-state index is 0.0125. The zero-order chi connectivity index (χ0) is 10.8. The fourth-order valence-electron chi connectivity index (χ4n) is 1.80. The Balaban J connectivity index is 2.37. The quantitative estimate of drug-likeness (QED) is 0.541. The van der Waals surface area contributed by atoms with Crippen LogP contribution >= 0.6 is 0 Å². The number of nitrogen functional groups attached to an aromatic ring is 1. The molecule has 1 aromatic rings. The summed E-state index contributed by atoms with van der Waals surface area (Å²) < 4.78 is 0. The second-order valence-electron chi connectivity index (χ2n) is 3.60. The number of carbonyl (C=O) groups excluding carboxylic acids is 1. The number of fused-ring (bicyclic) bond motifs is 1. The van der Waals surface area contributed by atoms with Crippen molar-refractivity contribution < 1.29 is 4.79 Å². The van der Waals surface area contributed by atoms with Crippen LogP contribution in [0.2, 0.25) is 0 Å². The van der Waals surface area contributed by atoms with E-state index in [1.54, 1.807) is 11.0 Å². The van der Waals surface area contributed by atoms with Crippen LogP contribution in [0.15, 0.2) is 18.2 Å². The fraction of sp³-hybridized carbons (Fsp3) is 0.250. The van der Waals surface area contributed by atoms with E-state index < -0.39 is 0 Å². The van der Waals surface area contributed by atoms with Crippen molar-refractivity contribution in [3.63, 3.8) is 0 Å². The van der Waals surface area contributed by atoms with E-state index in [-0.39, 0.29) is 5.91 Å². The molecule has 3 heteroatoms. The third-order valence-corrected chi connectivity index (χ3v) is 2.58. The smallest absolute Gasteiger partial charge is 0.255 e. The molecular formula is C12H12N2O. The van der Waals surface area contributed by atoms with Crippen molar-refractivity contribution >= 4 is 11.6 Å². The summed E-state index contributed by atoms with van der Waals surface area (Å²) in [5.74, 6) is 2.47. The average Bonchev–Trinajstić information content (AvgIpc) is 2.23. The van der Waals surface area contributed by atoms with Crippen LogP contribution in [0, 0.1) is 12.3 Å². The van der Waals surface area contributed by atoms with Gasteiger partial charge in [-0.25, -0.2) is 0 Å². The molecule has 1 aliphatic heterocycles. The van der Waals surface area contributed by atoms with Gasteiger partial charge in [-0.1, -0.05) is 12.0 Å². The summed E-state index contributed by atoms with van der Waals surface area (Å²) in [5, 5.41) is 0. The lowest BCUT2D eigenvalue weighted by Crippen LogP contribution is -2.37. The zero-order valence-electron chi connectivity index (χ0n) is 8.36. The molecule has 0 atom stereocenters. The number of terminal acetylenes is 1. The first-order valence-electron chi connectivity index (χ1n) is 4.83. The predicted molar refractivity (Wildman–Crippen MR) is 59.3 cm³/mol. The van der Waals surface area contributed by atoms with E-state index in [0.717, 1.165) is 12.0 Å². The number of benzene rings is 1. The third kappa shape index (κ3) is 1.66. The van der Waals surface area contributed by atoms with E-state index in [2.05, 4.69) is 5.92 Å². The number of hydrogen-bond donors (Lipinski definition) is 1. The number of amides is 1. The van der Waals surface area contributed by atoms with Crippen molar-refractivity contribution in [3.8, 4) is 12.3 Å². The highest BCUT2D eigenvalue weighted by Crippen LogP contribution is 2.20. The molecule has 0 aromatic heterocycles. The Hall–Kier alpha value is -1.95. The van der Waals surface area contributed by atoms with E-state index in [4.69, 9.17) is 12.2 Å². The van der Waals surface area contributed by atoms with E-state index in [0.29, 0.717) is 24.3 Å². The number of anilines is 1. The summed E-state index contributed by atoms with van der Waals surface area (Å²) in [7, 11) is 0. The molecule has 0 radical (unpaired) electrons. The van der Waals surface area contributed by atoms with Gasteiger partial charge in [-0.15, -0.1) is 6.42 Å². The minimum atomic E-state index is -0.0125. The first-order chi connectivity index (χ1) is 7.22. The predicted octanol–water partition coefficient (Wildman–Crippen LogP) is 0.900. The Kier molecular flexibility index (Phi) is 2.34. The standard InChI is InChI=1S/C12H12N2O/c1-2-6-14-7-5-9-3-4-10(13)8-11(9)12(14)15/h1,3-4,8H,5-7,13H2. The molecule has 0 bridgehead atoms. The molecular weight excluding hydrogens is 188 g/mol. The largest absolute Gasteiger partial charge is 0.399 e. The van der Waals surface area contributed by atoms with Gasteiger partial charge in [-0.3, -0.25) is 4.79 Å². The average molecular weight is 200 g/mol. The van der Waals surface area contributed by atoms with Gasteiger partial charge in [0.25, 0.3) is 5.91 Å². The second-order valence-corrected chi connectivity index (χ2v) is 3.60. The molecule has 76 valence electrons. The van der Waals surface area contributed by atoms with Crippen molar-refractivity contribution in [2.24, 2.45) is 0 Å². The van der Waals surface area contributed by atoms with E-state index in [9.17, 15) is 4.79 Å². The van der Waals surface area contributed by atoms with Crippen LogP contribution in [0.3, 0.4) is 0 Å². The monoisotopic (exact) mass is 200 g/mol. The molecule has 0 spiro atoms. The van der Waals surface area contributed by atoms with Gasteiger partial charge in [0.15, 0.2) is 0 Å². The molecule has 1 amide bonds. The van der Waals surface area contributed by atoms with Gasteiger partial charge in [-0.05, 0) is 24.1 Å². The SMILES string of the molecule is C#CCN1CCc2ccc(N)cc2C1=O. The summed E-state index contributed by atoms with van der Waals surface area (Å²) in [5.41, 5.74) is 8.02. The van der Waals surface area contributed by atoms with E-state index >= 15 is 0 Å². The minimum Gasteiger partial charge on any atom is -0.399 e. The Labute approximate surface area is 88.9 Å². The Morgan fingerprint density at radius 3 is 3.07 bits per heavy atom. The Morgan fingerprint density at radius 2 is 2.33 bits per heavy atom. The lowest BCUT2D eigenvalue weighted by Gasteiger charge is -2.26. The highest BCUT2D eigenvalue weighted by molar-refractivity contribution is 5.97. The first-order valence-corrected chi connectivity index (χ1v) is 4.83. The van der Waals surface area contributed by atoms with Gasteiger partial charge in [0.2, 0.25) is 0 Å². The molecule has 2 rings (SSSR count). The van der Waals surface area contributed by atoms with Crippen molar-refractivity contribution in [3.05, 3.63) is 29.3 Å². The summed E-state index contributed by atoms with van der Waals surface area (Å²) in [6, 6.07) is 5.46. The molecule has 1 aliphatic rings. The molecule has 15 heavy (non-hydrogen) atoms. The molecule has 1 heterocycles. The number of carbonyl (C=O) groups is 1. The second kappa shape index (κ2) is 3.66.